The van der Waals surface area contributed by atoms with Crippen molar-refractivity contribution in [1.82, 2.24) is 4.31 Å². The number of nitrogens with zero attached hydrogens (tertiary/aromatic N) is 1. The lowest BCUT2D eigenvalue weighted by Gasteiger charge is -2.34. The highest BCUT2D eigenvalue weighted by molar-refractivity contribution is 7.89. The number of piperidine rings is 1. The topological polar surface area (TPSA) is 63.4 Å². The molecular weight excluding hydrogens is 284 g/mol. The molecule has 0 bridgehead atoms. The summed E-state index contributed by atoms with van der Waals surface area (Å²) in [5, 5.41) is 0. The Morgan fingerprint density at radius 2 is 2.05 bits per heavy atom. The van der Waals surface area contributed by atoms with E-state index in [1.54, 1.807) is 22.5 Å². The van der Waals surface area contributed by atoms with Gasteiger partial charge in [-0.25, -0.2) is 8.42 Å². The summed E-state index contributed by atoms with van der Waals surface area (Å²) in [5.74, 6) is 0.978. The van der Waals surface area contributed by atoms with Gasteiger partial charge in [-0.3, -0.25) is 0 Å². The molecule has 21 heavy (non-hydrogen) atoms. The van der Waals surface area contributed by atoms with Crippen LogP contribution in [0.15, 0.2) is 29.2 Å². The molecule has 4 nitrogen and oxygen atoms in total. The molecule has 0 saturated carbocycles. The first-order valence-corrected chi connectivity index (χ1v) is 9.16. The van der Waals surface area contributed by atoms with Crippen molar-refractivity contribution < 1.29 is 8.42 Å². The summed E-state index contributed by atoms with van der Waals surface area (Å²) in [6, 6.07) is 6.97. The second-order valence-electron chi connectivity index (χ2n) is 6.19. The molecule has 0 amide bonds. The summed E-state index contributed by atoms with van der Waals surface area (Å²) in [7, 11) is -3.40. The van der Waals surface area contributed by atoms with Gasteiger partial charge in [-0.1, -0.05) is 32.9 Å². The molecule has 1 aliphatic heterocycles. The Kier molecular flexibility index (Phi) is 5.07. The molecule has 1 aromatic carbocycles. The SMILES string of the molecule is CCC(N)c1cccc(S(=O)(=O)N2CCC(C)C(C)C2)c1. The highest BCUT2D eigenvalue weighted by Crippen LogP contribution is 2.28. The van der Waals surface area contributed by atoms with E-state index in [4.69, 9.17) is 5.73 Å². The zero-order chi connectivity index (χ0) is 15.6. The Labute approximate surface area is 128 Å². The molecule has 0 aliphatic carbocycles. The second-order valence-corrected chi connectivity index (χ2v) is 8.13. The molecule has 2 N–H and O–H groups in total. The fraction of sp³-hybridized carbons (Fsp3) is 0.625. The van der Waals surface area contributed by atoms with Crippen molar-refractivity contribution >= 4 is 10.0 Å². The standard InChI is InChI=1S/C16H26N2O2S/c1-4-16(17)14-6-5-7-15(10-14)21(19,20)18-9-8-12(2)13(3)11-18/h5-7,10,12-13,16H,4,8-9,11,17H2,1-3H3. The first-order valence-electron chi connectivity index (χ1n) is 7.72. The molecule has 5 heteroatoms. The fourth-order valence-electron chi connectivity index (χ4n) is 2.73. The van der Waals surface area contributed by atoms with Gasteiger partial charge in [0.05, 0.1) is 4.90 Å². The lowest BCUT2D eigenvalue weighted by molar-refractivity contribution is 0.212. The van der Waals surface area contributed by atoms with E-state index in [0.29, 0.717) is 29.8 Å². The Hall–Kier alpha value is -0.910. The van der Waals surface area contributed by atoms with Gasteiger partial charge in [0.1, 0.15) is 0 Å². The molecule has 1 aromatic rings. The molecular formula is C16H26N2O2S. The van der Waals surface area contributed by atoms with Crippen LogP contribution in [0, 0.1) is 11.8 Å². The van der Waals surface area contributed by atoms with Crippen LogP contribution in [0.25, 0.3) is 0 Å². The van der Waals surface area contributed by atoms with Crippen LogP contribution in [-0.2, 0) is 10.0 Å². The third-order valence-corrected chi connectivity index (χ3v) is 6.52. The van der Waals surface area contributed by atoms with Crippen molar-refractivity contribution in [3.8, 4) is 0 Å². The number of rotatable bonds is 4. The summed E-state index contributed by atoms with van der Waals surface area (Å²) in [5.41, 5.74) is 6.90. The lowest BCUT2D eigenvalue weighted by Crippen LogP contribution is -2.42. The monoisotopic (exact) mass is 310 g/mol. The van der Waals surface area contributed by atoms with E-state index in [-0.39, 0.29) is 6.04 Å². The van der Waals surface area contributed by atoms with E-state index in [9.17, 15) is 8.42 Å². The van der Waals surface area contributed by atoms with Gasteiger partial charge in [-0.15, -0.1) is 0 Å². The minimum Gasteiger partial charge on any atom is -0.324 e. The maximum atomic E-state index is 12.8. The summed E-state index contributed by atoms with van der Waals surface area (Å²) in [6.07, 6.45) is 1.72. The predicted octanol–water partition coefficient (Wildman–Crippen LogP) is 2.76. The van der Waals surface area contributed by atoms with E-state index in [1.807, 2.05) is 13.0 Å². The quantitative estimate of drug-likeness (QED) is 0.930. The molecule has 3 unspecified atom stereocenters. The highest BCUT2D eigenvalue weighted by atomic mass is 32.2. The van der Waals surface area contributed by atoms with Crippen molar-refractivity contribution in [2.24, 2.45) is 17.6 Å². The molecule has 2 rings (SSSR count). The first-order chi connectivity index (χ1) is 9.86. The van der Waals surface area contributed by atoms with Gasteiger partial charge in [0, 0.05) is 19.1 Å². The van der Waals surface area contributed by atoms with Crippen molar-refractivity contribution in [2.45, 2.75) is 44.6 Å². The summed E-state index contributed by atoms with van der Waals surface area (Å²) < 4.78 is 27.2. The van der Waals surface area contributed by atoms with Crippen molar-refractivity contribution in [1.29, 1.82) is 0 Å². The smallest absolute Gasteiger partial charge is 0.243 e. The number of sulfonamides is 1. The van der Waals surface area contributed by atoms with Crippen LogP contribution in [0.1, 0.15) is 45.2 Å². The molecule has 0 aromatic heterocycles. The Morgan fingerprint density at radius 3 is 2.67 bits per heavy atom. The average Bonchev–Trinajstić information content (AvgIpc) is 2.49. The van der Waals surface area contributed by atoms with Crippen LogP contribution in [0.2, 0.25) is 0 Å². The fourth-order valence-corrected chi connectivity index (χ4v) is 4.34. The van der Waals surface area contributed by atoms with E-state index >= 15 is 0 Å². The zero-order valence-electron chi connectivity index (χ0n) is 13.1. The Morgan fingerprint density at radius 1 is 1.33 bits per heavy atom. The minimum atomic E-state index is -3.40. The van der Waals surface area contributed by atoms with Crippen molar-refractivity contribution in [3.63, 3.8) is 0 Å². The first kappa shape index (κ1) is 16.5. The molecule has 1 fully saturated rings. The van der Waals surface area contributed by atoms with Crippen molar-refractivity contribution in [3.05, 3.63) is 29.8 Å². The number of benzene rings is 1. The summed E-state index contributed by atoms with van der Waals surface area (Å²) >= 11 is 0. The van der Waals surface area contributed by atoms with Gasteiger partial charge in [0.15, 0.2) is 0 Å². The summed E-state index contributed by atoms with van der Waals surface area (Å²) in [6.45, 7) is 7.52. The molecule has 118 valence electrons. The Bertz CT molecular complexity index is 586. The van der Waals surface area contributed by atoms with E-state index in [2.05, 4.69) is 13.8 Å². The van der Waals surface area contributed by atoms with Crippen LogP contribution in [-0.4, -0.2) is 25.8 Å². The van der Waals surface area contributed by atoms with Gasteiger partial charge in [-0.2, -0.15) is 4.31 Å². The molecule has 0 spiro atoms. The van der Waals surface area contributed by atoms with Gasteiger partial charge < -0.3 is 5.73 Å². The van der Waals surface area contributed by atoms with Crippen LogP contribution in [0.4, 0.5) is 0 Å². The average molecular weight is 310 g/mol. The van der Waals surface area contributed by atoms with Crippen LogP contribution in [0.3, 0.4) is 0 Å². The molecule has 1 heterocycles. The molecule has 3 atom stereocenters. The predicted molar refractivity (Wildman–Crippen MR) is 85.4 cm³/mol. The maximum Gasteiger partial charge on any atom is 0.243 e. The van der Waals surface area contributed by atoms with Crippen LogP contribution in [0.5, 0.6) is 0 Å². The summed E-state index contributed by atoms with van der Waals surface area (Å²) in [4.78, 5) is 0.366. The lowest BCUT2D eigenvalue weighted by atomic mass is 9.90. The van der Waals surface area contributed by atoms with E-state index < -0.39 is 10.0 Å². The minimum absolute atomic E-state index is 0.111. The Balaban J connectivity index is 2.27. The molecule has 1 saturated heterocycles. The highest BCUT2D eigenvalue weighted by Gasteiger charge is 2.31. The maximum absolute atomic E-state index is 12.8. The van der Waals surface area contributed by atoms with Gasteiger partial charge in [0.2, 0.25) is 10.0 Å². The number of nitrogens with two attached hydrogens (primary N) is 1. The van der Waals surface area contributed by atoms with Gasteiger partial charge in [0.25, 0.3) is 0 Å². The molecule has 1 aliphatic rings. The van der Waals surface area contributed by atoms with E-state index in [0.717, 1.165) is 18.4 Å². The van der Waals surface area contributed by atoms with Crippen LogP contribution < -0.4 is 5.73 Å². The second kappa shape index (κ2) is 6.46. The normalized spacial score (nSPS) is 25.7. The van der Waals surface area contributed by atoms with Crippen molar-refractivity contribution in [2.75, 3.05) is 13.1 Å². The zero-order valence-corrected chi connectivity index (χ0v) is 13.9. The van der Waals surface area contributed by atoms with Gasteiger partial charge in [-0.05, 0) is 42.4 Å². The molecule has 0 radical (unpaired) electrons. The number of hydrogen-bond acceptors (Lipinski definition) is 3. The van der Waals surface area contributed by atoms with E-state index in [1.165, 1.54) is 0 Å². The third kappa shape index (κ3) is 3.47. The van der Waals surface area contributed by atoms with Gasteiger partial charge >= 0.3 is 0 Å². The largest absolute Gasteiger partial charge is 0.324 e. The third-order valence-electron chi connectivity index (χ3n) is 4.66. The number of hydrogen-bond donors (Lipinski definition) is 1. The van der Waals surface area contributed by atoms with Crippen LogP contribution >= 0.6 is 0 Å².